The van der Waals surface area contributed by atoms with Crippen LogP contribution in [0.4, 0.5) is 16.5 Å². The van der Waals surface area contributed by atoms with Crippen molar-refractivity contribution in [1.82, 2.24) is 4.98 Å². The van der Waals surface area contributed by atoms with E-state index in [4.69, 9.17) is 5.11 Å². The predicted molar refractivity (Wildman–Crippen MR) is 83.0 cm³/mol. The molecule has 0 aliphatic carbocycles. The molecule has 0 fully saturated rings. The minimum Gasteiger partial charge on any atom is -0.478 e. The maximum absolute atomic E-state index is 10.8. The molecule has 0 spiro atoms. The molecule has 3 rings (SSSR count). The van der Waals surface area contributed by atoms with Gasteiger partial charge in [0.25, 0.3) is 5.69 Å². The highest BCUT2D eigenvalue weighted by molar-refractivity contribution is 7.22. The van der Waals surface area contributed by atoms with Crippen molar-refractivity contribution in [3.63, 3.8) is 0 Å². The van der Waals surface area contributed by atoms with Crippen molar-refractivity contribution in [2.24, 2.45) is 0 Å². The number of rotatable bonds is 4. The molecule has 0 unspecified atom stereocenters. The molecule has 0 atom stereocenters. The summed E-state index contributed by atoms with van der Waals surface area (Å²) in [7, 11) is 0. The molecule has 0 radical (unpaired) electrons. The van der Waals surface area contributed by atoms with Crippen LogP contribution in [0.2, 0.25) is 0 Å². The summed E-state index contributed by atoms with van der Waals surface area (Å²) >= 11 is 1.29. The number of fused-ring (bicyclic) bond motifs is 1. The molecular formula is C14H9N3O4S. The number of carbonyl (C=O) groups is 1. The van der Waals surface area contributed by atoms with Crippen LogP contribution in [-0.4, -0.2) is 21.0 Å². The molecule has 7 nitrogen and oxygen atoms in total. The number of hydrogen-bond acceptors (Lipinski definition) is 6. The van der Waals surface area contributed by atoms with Gasteiger partial charge in [0.2, 0.25) is 0 Å². The highest BCUT2D eigenvalue weighted by Gasteiger charge is 2.10. The van der Waals surface area contributed by atoms with E-state index in [1.807, 2.05) is 0 Å². The predicted octanol–water partition coefficient (Wildman–Crippen LogP) is 3.65. The van der Waals surface area contributed by atoms with Crippen LogP contribution in [0.3, 0.4) is 0 Å². The van der Waals surface area contributed by atoms with Crippen molar-refractivity contribution in [1.29, 1.82) is 0 Å². The average Bonchev–Trinajstić information content (AvgIpc) is 2.88. The van der Waals surface area contributed by atoms with E-state index in [9.17, 15) is 14.9 Å². The number of carboxylic acids is 1. The highest BCUT2D eigenvalue weighted by Crippen LogP contribution is 2.30. The number of anilines is 2. The fraction of sp³-hybridized carbons (Fsp3) is 0. The third-order valence-corrected chi connectivity index (χ3v) is 3.90. The van der Waals surface area contributed by atoms with Crippen molar-refractivity contribution < 1.29 is 14.8 Å². The quantitative estimate of drug-likeness (QED) is 0.562. The van der Waals surface area contributed by atoms with Crippen molar-refractivity contribution >= 4 is 44.0 Å². The van der Waals surface area contributed by atoms with E-state index in [0.717, 1.165) is 0 Å². The molecule has 3 aromatic rings. The summed E-state index contributed by atoms with van der Waals surface area (Å²) in [5, 5.41) is 23.2. The lowest BCUT2D eigenvalue weighted by Crippen LogP contribution is -1.96. The Morgan fingerprint density at radius 3 is 2.59 bits per heavy atom. The van der Waals surface area contributed by atoms with Crippen LogP contribution < -0.4 is 5.32 Å². The zero-order chi connectivity index (χ0) is 15.7. The molecule has 0 saturated heterocycles. The number of benzene rings is 2. The van der Waals surface area contributed by atoms with Crippen molar-refractivity contribution in [3.8, 4) is 0 Å². The minimum atomic E-state index is -0.987. The molecule has 0 aliphatic heterocycles. The van der Waals surface area contributed by atoms with E-state index in [-0.39, 0.29) is 11.3 Å². The Morgan fingerprint density at radius 1 is 1.23 bits per heavy atom. The third kappa shape index (κ3) is 2.72. The Bertz CT molecular complexity index is 873. The van der Waals surface area contributed by atoms with E-state index in [2.05, 4.69) is 10.3 Å². The fourth-order valence-corrected chi connectivity index (χ4v) is 2.82. The number of aromatic nitrogens is 1. The Kier molecular flexibility index (Phi) is 3.43. The molecule has 22 heavy (non-hydrogen) atoms. The molecule has 0 aliphatic rings. The highest BCUT2D eigenvalue weighted by atomic mass is 32.1. The topological polar surface area (TPSA) is 105 Å². The van der Waals surface area contributed by atoms with E-state index >= 15 is 0 Å². The Morgan fingerprint density at radius 2 is 1.95 bits per heavy atom. The van der Waals surface area contributed by atoms with Crippen LogP contribution in [0.5, 0.6) is 0 Å². The summed E-state index contributed by atoms with van der Waals surface area (Å²) in [4.78, 5) is 25.4. The number of non-ortho nitro benzene ring substituents is 1. The zero-order valence-electron chi connectivity index (χ0n) is 11.0. The first-order chi connectivity index (χ1) is 10.5. The van der Waals surface area contributed by atoms with Gasteiger partial charge < -0.3 is 10.4 Å². The molecule has 1 heterocycles. The molecule has 2 N–H and O–H groups in total. The Hall–Kier alpha value is -3.00. The van der Waals surface area contributed by atoms with Gasteiger partial charge in [0.15, 0.2) is 5.13 Å². The SMILES string of the molecule is O=C(O)c1ccc(Nc2nc3ccc([N+](=O)[O-])cc3s2)cc1. The Balaban J connectivity index is 1.87. The monoisotopic (exact) mass is 315 g/mol. The van der Waals surface area contributed by atoms with Gasteiger partial charge in [-0.2, -0.15) is 0 Å². The van der Waals surface area contributed by atoms with Crippen LogP contribution in [0.25, 0.3) is 10.2 Å². The lowest BCUT2D eigenvalue weighted by atomic mass is 10.2. The minimum absolute atomic E-state index is 0.0218. The summed E-state index contributed by atoms with van der Waals surface area (Å²) < 4.78 is 0.707. The number of hydrogen-bond donors (Lipinski definition) is 2. The van der Waals surface area contributed by atoms with Crippen molar-refractivity contribution in [2.75, 3.05) is 5.32 Å². The van der Waals surface area contributed by atoms with Crippen LogP contribution in [0.1, 0.15) is 10.4 Å². The number of aromatic carboxylic acids is 1. The summed E-state index contributed by atoms with van der Waals surface area (Å²) in [5.41, 5.74) is 1.58. The van der Waals surface area contributed by atoms with Gasteiger partial charge in [-0.3, -0.25) is 10.1 Å². The standard InChI is InChI=1S/C14H9N3O4S/c18-13(19)8-1-3-9(4-2-8)15-14-16-11-6-5-10(17(20)21)7-12(11)22-14/h1-7H,(H,15,16)(H,18,19). The normalized spacial score (nSPS) is 10.5. The van der Waals surface area contributed by atoms with Crippen molar-refractivity contribution in [2.45, 2.75) is 0 Å². The number of carboxylic acid groups (broad SMARTS) is 1. The second kappa shape index (κ2) is 5.41. The van der Waals surface area contributed by atoms with Crippen LogP contribution in [0, 0.1) is 10.1 Å². The maximum atomic E-state index is 10.8. The molecule has 8 heteroatoms. The zero-order valence-corrected chi connectivity index (χ0v) is 11.8. The van der Waals surface area contributed by atoms with E-state index in [1.165, 1.54) is 35.6 Å². The number of nitro benzene ring substituents is 1. The number of thiazole rings is 1. The first-order valence-corrected chi connectivity index (χ1v) is 7.00. The van der Waals surface area contributed by atoms with Gasteiger partial charge in [0.1, 0.15) is 0 Å². The third-order valence-electron chi connectivity index (χ3n) is 2.97. The molecule has 1 aromatic heterocycles. The molecule has 0 saturated carbocycles. The van der Waals surface area contributed by atoms with Gasteiger partial charge in [-0.25, -0.2) is 9.78 Å². The number of nitrogens with zero attached hydrogens (tertiary/aromatic N) is 2. The first kappa shape index (κ1) is 14.0. The molecule has 110 valence electrons. The van der Waals surface area contributed by atoms with E-state index in [0.29, 0.717) is 21.0 Å². The van der Waals surface area contributed by atoms with Crippen LogP contribution in [0.15, 0.2) is 42.5 Å². The second-order valence-electron chi connectivity index (χ2n) is 4.44. The second-order valence-corrected chi connectivity index (χ2v) is 5.47. The first-order valence-electron chi connectivity index (χ1n) is 6.18. The maximum Gasteiger partial charge on any atom is 0.335 e. The number of nitro groups is 1. The molecular weight excluding hydrogens is 306 g/mol. The summed E-state index contributed by atoms with van der Waals surface area (Å²) in [6.45, 7) is 0. The largest absolute Gasteiger partial charge is 0.478 e. The van der Waals surface area contributed by atoms with E-state index in [1.54, 1.807) is 18.2 Å². The summed E-state index contributed by atoms with van der Waals surface area (Å²) in [5.74, 6) is -0.987. The van der Waals surface area contributed by atoms with Gasteiger partial charge in [-0.15, -0.1) is 0 Å². The lowest BCUT2D eigenvalue weighted by molar-refractivity contribution is -0.384. The van der Waals surface area contributed by atoms with Gasteiger partial charge >= 0.3 is 5.97 Å². The number of nitrogens with one attached hydrogen (secondary N) is 1. The lowest BCUT2D eigenvalue weighted by Gasteiger charge is -2.02. The van der Waals surface area contributed by atoms with Gasteiger partial charge in [0.05, 0.1) is 20.7 Å². The molecule has 2 aromatic carbocycles. The Labute approximate surface area is 128 Å². The van der Waals surface area contributed by atoms with E-state index < -0.39 is 10.9 Å². The van der Waals surface area contributed by atoms with Crippen molar-refractivity contribution in [3.05, 3.63) is 58.1 Å². The summed E-state index contributed by atoms with van der Waals surface area (Å²) in [6.07, 6.45) is 0. The molecule has 0 bridgehead atoms. The van der Waals surface area contributed by atoms with Crippen LogP contribution in [-0.2, 0) is 0 Å². The average molecular weight is 315 g/mol. The van der Waals surface area contributed by atoms with Gasteiger partial charge in [-0.05, 0) is 30.3 Å². The smallest absolute Gasteiger partial charge is 0.335 e. The van der Waals surface area contributed by atoms with Crippen LogP contribution >= 0.6 is 11.3 Å². The molecule has 0 amide bonds. The fourth-order valence-electron chi connectivity index (χ4n) is 1.90. The van der Waals surface area contributed by atoms with Gasteiger partial charge in [0, 0.05) is 17.8 Å². The van der Waals surface area contributed by atoms with Gasteiger partial charge in [-0.1, -0.05) is 11.3 Å². The summed E-state index contributed by atoms with van der Waals surface area (Å²) in [6, 6.07) is 10.7.